The molecule has 2 aromatic carbocycles. The van der Waals surface area contributed by atoms with Crippen LogP contribution in [0.1, 0.15) is 29.7 Å². The minimum Gasteiger partial charge on any atom is -0.454 e. The molecule has 0 fully saturated rings. The van der Waals surface area contributed by atoms with Crippen LogP contribution in [0, 0.1) is 13.8 Å². The smallest absolute Gasteiger partial charge is 0.231 e. The number of aryl methyl sites for hydroxylation is 2. The van der Waals surface area contributed by atoms with E-state index in [0.717, 1.165) is 22.2 Å². The summed E-state index contributed by atoms with van der Waals surface area (Å²) in [5.41, 5.74) is 4.44. The second-order valence-corrected chi connectivity index (χ2v) is 8.00. The molecule has 0 aliphatic carbocycles. The van der Waals surface area contributed by atoms with Crippen molar-refractivity contribution in [2.75, 3.05) is 12.5 Å². The first-order valence-electron chi connectivity index (χ1n) is 9.44. The fourth-order valence-electron chi connectivity index (χ4n) is 3.33. The van der Waals surface area contributed by atoms with Gasteiger partial charge in [-0.3, -0.25) is 9.36 Å². The quantitative estimate of drug-likeness (QED) is 0.619. The maximum absolute atomic E-state index is 12.5. The molecule has 7 heteroatoms. The van der Waals surface area contributed by atoms with E-state index in [0.29, 0.717) is 5.75 Å². The van der Waals surface area contributed by atoms with Gasteiger partial charge in [-0.25, -0.2) is 4.98 Å². The van der Waals surface area contributed by atoms with Gasteiger partial charge in [-0.2, -0.15) is 0 Å². The molecule has 1 atom stereocenters. The summed E-state index contributed by atoms with van der Waals surface area (Å²) in [6, 6.07) is 11.9. The molecule has 0 radical (unpaired) electrons. The van der Waals surface area contributed by atoms with E-state index in [2.05, 4.69) is 42.3 Å². The van der Waals surface area contributed by atoms with Crippen LogP contribution in [-0.4, -0.2) is 28.0 Å². The number of fused-ring (bicyclic) bond motifs is 1. The molecular formula is C22H23N3O3S. The lowest BCUT2D eigenvalue weighted by atomic mass is 10.1. The van der Waals surface area contributed by atoms with E-state index >= 15 is 0 Å². The van der Waals surface area contributed by atoms with Gasteiger partial charge in [-0.05, 0) is 50.1 Å². The Morgan fingerprint density at radius 3 is 2.86 bits per heavy atom. The van der Waals surface area contributed by atoms with Crippen molar-refractivity contribution in [3.05, 3.63) is 65.5 Å². The number of carbonyl (C=O) groups is 1. The van der Waals surface area contributed by atoms with E-state index in [4.69, 9.17) is 9.47 Å². The maximum atomic E-state index is 12.5. The third kappa shape index (κ3) is 4.24. The van der Waals surface area contributed by atoms with E-state index in [-0.39, 0.29) is 24.5 Å². The summed E-state index contributed by atoms with van der Waals surface area (Å²) >= 11 is 1.42. The minimum atomic E-state index is -0.128. The highest BCUT2D eigenvalue weighted by Crippen LogP contribution is 2.34. The molecule has 4 rings (SSSR count). The standard InChI is InChI=1S/C22H23N3O3S/c1-14-4-6-18(15(2)10-14)25-9-8-23-22(25)29-12-21(26)24-16(3)17-5-7-19-20(11-17)28-13-27-19/h4-11,16H,12-13H2,1-3H3,(H,24,26). The highest BCUT2D eigenvalue weighted by Gasteiger charge is 2.17. The zero-order chi connectivity index (χ0) is 20.4. The third-order valence-electron chi connectivity index (χ3n) is 4.83. The lowest BCUT2D eigenvalue weighted by Crippen LogP contribution is -2.28. The average Bonchev–Trinajstić information content (AvgIpc) is 3.35. The highest BCUT2D eigenvalue weighted by atomic mass is 32.2. The van der Waals surface area contributed by atoms with Crippen molar-refractivity contribution in [1.82, 2.24) is 14.9 Å². The maximum Gasteiger partial charge on any atom is 0.231 e. The van der Waals surface area contributed by atoms with Gasteiger partial charge in [0.1, 0.15) is 0 Å². The molecule has 1 unspecified atom stereocenters. The highest BCUT2D eigenvalue weighted by molar-refractivity contribution is 7.99. The zero-order valence-corrected chi connectivity index (χ0v) is 17.5. The molecule has 1 aliphatic heterocycles. The van der Waals surface area contributed by atoms with Gasteiger partial charge in [-0.1, -0.05) is 35.5 Å². The van der Waals surface area contributed by atoms with Gasteiger partial charge in [0, 0.05) is 12.4 Å². The second-order valence-electron chi connectivity index (χ2n) is 7.06. The molecule has 0 spiro atoms. The Hall–Kier alpha value is -2.93. The number of carbonyl (C=O) groups excluding carboxylic acids is 1. The van der Waals surface area contributed by atoms with Crippen LogP contribution in [0.2, 0.25) is 0 Å². The molecule has 6 nitrogen and oxygen atoms in total. The summed E-state index contributed by atoms with van der Waals surface area (Å²) in [7, 11) is 0. The Kier molecular flexibility index (Phi) is 5.49. The Morgan fingerprint density at radius 1 is 1.21 bits per heavy atom. The van der Waals surface area contributed by atoms with Gasteiger partial charge in [0.15, 0.2) is 16.7 Å². The fraction of sp³-hybridized carbons (Fsp3) is 0.273. The number of nitrogens with one attached hydrogen (secondary N) is 1. The zero-order valence-electron chi connectivity index (χ0n) is 16.6. The van der Waals surface area contributed by atoms with Crippen molar-refractivity contribution < 1.29 is 14.3 Å². The first kappa shape index (κ1) is 19.4. The topological polar surface area (TPSA) is 65.4 Å². The van der Waals surface area contributed by atoms with Crippen molar-refractivity contribution >= 4 is 17.7 Å². The summed E-state index contributed by atoms with van der Waals surface area (Å²) in [5, 5.41) is 3.83. The van der Waals surface area contributed by atoms with E-state index in [1.807, 2.05) is 35.9 Å². The predicted molar refractivity (Wildman–Crippen MR) is 113 cm³/mol. The van der Waals surface area contributed by atoms with Gasteiger partial charge >= 0.3 is 0 Å². The fourth-order valence-corrected chi connectivity index (χ4v) is 4.11. The Bertz CT molecular complexity index is 1050. The number of imidazole rings is 1. The molecule has 0 bridgehead atoms. The normalized spacial score (nSPS) is 13.3. The average molecular weight is 410 g/mol. The number of ether oxygens (including phenoxy) is 2. The third-order valence-corrected chi connectivity index (χ3v) is 5.79. The van der Waals surface area contributed by atoms with Gasteiger partial charge in [0.25, 0.3) is 0 Å². The molecule has 1 N–H and O–H groups in total. The Labute approximate surface area is 174 Å². The lowest BCUT2D eigenvalue weighted by molar-refractivity contribution is -0.119. The molecule has 1 aliphatic rings. The summed E-state index contributed by atoms with van der Waals surface area (Å²) in [5.74, 6) is 1.70. The summed E-state index contributed by atoms with van der Waals surface area (Å²) < 4.78 is 12.8. The molecule has 3 aromatic rings. The van der Waals surface area contributed by atoms with Crippen LogP contribution in [0.4, 0.5) is 0 Å². The van der Waals surface area contributed by atoms with Crippen molar-refractivity contribution in [2.45, 2.75) is 32.0 Å². The SMILES string of the molecule is Cc1ccc(-n2ccnc2SCC(=O)NC(C)c2ccc3c(c2)OCO3)c(C)c1. The van der Waals surface area contributed by atoms with E-state index < -0.39 is 0 Å². The summed E-state index contributed by atoms with van der Waals surface area (Å²) in [6.45, 7) is 6.35. The van der Waals surface area contributed by atoms with Crippen molar-refractivity contribution in [1.29, 1.82) is 0 Å². The summed E-state index contributed by atoms with van der Waals surface area (Å²) in [4.78, 5) is 16.9. The number of nitrogens with zero attached hydrogens (tertiary/aromatic N) is 2. The van der Waals surface area contributed by atoms with Gasteiger partial charge in [-0.15, -0.1) is 0 Å². The first-order chi connectivity index (χ1) is 14.0. The molecule has 1 aromatic heterocycles. The van der Waals surface area contributed by atoms with E-state index in [1.54, 1.807) is 6.20 Å². The minimum absolute atomic E-state index is 0.0460. The van der Waals surface area contributed by atoms with Crippen LogP contribution in [0.5, 0.6) is 11.5 Å². The molecular weight excluding hydrogens is 386 g/mol. The molecule has 2 heterocycles. The number of benzene rings is 2. The number of hydrogen-bond donors (Lipinski definition) is 1. The van der Waals surface area contributed by atoms with E-state index in [9.17, 15) is 4.79 Å². The lowest BCUT2D eigenvalue weighted by Gasteiger charge is -2.15. The van der Waals surface area contributed by atoms with Crippen LogP contribution in [0.15, 0.2) is 53.9 Å². The van der Waals surface area contributed by atoms with Crippen molar-refractivity contribution in [3.63, 3.8) is 0 Å². The van der Waals surface area contributed by atoms with Gasteiger partial charge in [0.2, 0.25) is 12.7 Å². The second kappa shape index (κ2) is 8.21. The Balaban J connectivity index is 1.38. The van der Waals surface area contributed by atoms with Gasteiger partial charge in [0.05, 0.1) is 17.5 Å². The summed E-state index contributed by atoms with van der Waals surface area (Å²) in [6.07, 6.45) is 3.68. The van der Waals surface area contributed by atoms with Crippen molar-refractivity contribution in [2.24, 2.45) is 0 Å². The van der Waals surface area contributed by atoms with Crippen LogP contribution < -0.4 is 14.8 Å². The number of rotatable bonds is 6. The van der Waals surface area contributed by atoms with Gasteiger partial charge < -0.3 is 14.8 Å². The molecule has 0 saturated heterocycles. The number of aromatic nitrogens is 2. The van der Waals surface area contributed by atoms with Crippen LogP contribution >= 0.6 is 11.8 Å². The number of hydrogen-bond acceptors (Lipinski definition) is 5. The molecule has 1 amide bonds. The largest absolute Gasteiger partial charge is 0.454 e. The molecule has 29 heavy (non-hydrogen) atoms. The first-order valence-corrected chi connectivity index (χ1v) is 10.4. The van der Waals surface area contributed by atoms with Crippen LogP contribution in [0.3, 0.4) is 0 Å². The van der Waals surface area contributed by atoms with Crippen LogP contribution in [0.25, 0.3) is 5.69 Å². The molecule has 0 saturated carbocycles. The van der Waals surface area contributed by atoms with Crippen molar-refractivity contribution in [3.8, 4) is 17.2 Å². The number of amides is 1. The number of thioether (sulfide) groups is 1. The molecule has 150 valence electrons. The van der Waals surface area contributed by atoms with Crippen LogP contribution in [-0.2, 0) is 4.79 Å². The monoisotopic (exact) mass is 409 g/mol. The predicted octanol–water partition coefficient (Wildman–Crippen LogP) is 4.19. The van der Waals surface area contributed by atoms with E-state index in [1.165, 1.54) is 22.9 Å². The Morgan fingerprint density at radius 2 is 2.03 bits per heavy atom.